The van der Waals surface area contributed by atoms with E-state index in [2.05, 4.69) is 5.32 Å². The first kappa shape index (κ1) is 21.5. The summed E-state index contributed by atoms with van der Waals surface area (Å²) in [5.41, 5.74) is 1.03. The van der Waals surface area contributed by atoms with Crippen LogP contribution >= 0.6 is 0 Å². The van der Waals surface area contributed by atoms with Gasteiger partial charge in [0.05, 0.1) is 29.5 Å². The van der Waals surface area contributed by atoms with Gasteiger partial charge in [0.15, 0.2) is 0 Å². The van der Waals surface area contributed by atoms with E-state index in [4.69, 9.17) is 4.74 Å². The van der Waals surface area contributed by atoms with E-state index in [0.29, 0.717) is 50.8 Å². The Labute approximate surface area is 170 Å². The average molecular weight is 426 g/mol. The predicted octanol–water partition coefficient (Wildman–Crippen LogP) is 1.16. The second-order valence-electron chi connectivity index (χ2n) is 7.05. The molecule has 2 aliphatic rings. The highest BCUT2D eigenvalue weighted by molar-refractivity contribution is 7.89. The van der Waals surface area contributed by atoms with Crippen LogP contribution in [-0.4, -0.2) is 69.0 Å². The van der Waals surface area contributed by atoms with Crippen LogP contribution in [-0.2, 0) is 19.6 Å². The monoisotopic (exact) mass is 426 g/mol. The molecule has 29 heavy (non-hydrogen) atoms. The van der Waals surface area contributed by atoms with Crippen LogP contribution in [0.4, 0.5) is 11.4 Å². The largest absolute Gasteiger partial charge is 0.378 e. The zero-order chi connectivity index (χ0) is 21.2. The predicted molar refractivity (Wildman–Crippen MR) is 107 cm³/mol. The molecule has 0 aromatic heterocycles. The van der Waals surface area contributed by atoms with Crippen molar-refractivity contribution in [1.29, 1.82) is 0 Å². The van der Waals surface area contributed by atoms with Crippen LogP contribution in [0, 0.1) is 16.0 Å². The third kappa shape index (κ3) is 4.51. The number of hydrogen-bond acceptors (Lipinski definition) is 7. The molecule has 1 aromatic carbocycles. The van der Waals surface area contributed by atoms with Crippen LogP contribution in [0.25, 0.3) is 0 Å². The number of rotatable bonds is 8. The van der Waals surface area contributed by atoms with E-state index in [1.165, 1.54) is 16.4 Å². The Bertz CT molecular complexity index is 880. The van der Waals surface area contributed by atoms with Gasteiger partial charge >= 0.3 is 0 Å². The van der Waals surface area contributed by atoms with Gasteiger partial charge in [0.2, 0.25) is 22.0 Å². The summed E-state index contributed by atoms with van der Waals surface area (Å²) in [7, 11) is -3.71. The summed E-state index contributed by atoms with van der Waals surface area (Å²) in [6.07, 6.45) is 0.198. The highest BCUT2D eigenvalue weighted by Crippen LogP contribution is 2.36. The van der Waals surface area contributed by atoms with Gasteiger partial charge < -0.3 is 15.0 Å². The van der Waals surface area contributed by atoms with E-state index in [1.54, 1.807) is 19.9 Å². The zero-order valence-electron chi connectivity index (χ0n) is 16.5. The Kier molecular flexibility index (Phi) is 6.39. The highest BCUT2D eigenvalue weighted by atomic mass is 32.2. The second-order valence-corrected chi connectivity index (χ2v) is 8.99. The minimum atomic E-state index is -3.71. The van der Waals surface area contributed by atoms with Crippen LogP contribution < -0.4 is 10.2 Å². The van der Waals surface area contributed by atoms with Gasteiger partial charge in [-0.1, -0.05) is 13.8 Å². The molecule has 1 saturated heterocycles. The van der Waals surface area contributed by atoms with Gasteiger partial charge in [-0.2, -0.15) is 4.31 Å². The van der Waals surface area contributed by atoms with Crippen molar-refractivity contribution < 1.29 is 22.9 Å². The molecule has 0 bridgehead atoms. The first-order chi connectivity index (χ1) is 13.8. The van der Waals surface area contributed by atoms with Gasteiger partial charge in [0, 0.05) is 37.5 Å². The van der Waals surface area contributed by atoms with E-state index in [1.807, 2.05) is 4.90 Å². The van der Waals surface area contributed by atoms with Crippen LogP contribution in [0.3, 0.4) is 0 Å². The fraction of sp³-hybridized carbons (Fsp3) is 0.611. The third-order valence-electron chi connectivity index (χ3n) is 5.29. The second kappa shape index (κ2) is 8.64. The number of ether oxygens (including phenoxy) is 1. The highest BCUT2D eigenvalue weighted by Gasteiger charge is 2.53. The Morgan fingerprint density at radius 1 is 1.31 bits per heavy atom. The molecule has 1 amide bonds. The quantitative estimate of drug-likeness (QED) is 0.489. The Hall–Kier alpha value is -2.24. The number of morpholine rings is 1. The maximum atomic E-state index is 12.9. The summed E-state index contributed by atoms with van der Waals surface area (Å²) in [5.74, 6) is -1.15. The first-order valence-electron chi connectivity index (χ1n) is 9.70. The molecule has 11 heteroatoms. The lowest BCUT2D eigenvalue weighted by molar-refractivity contribution is -0.497. The van der Waals surface area contributed by atoms with E-state index in [-0.39, 0.29) is 11.3 Å². The SMILES string of the molecule is CCN(CC)S(=O)(=O)c1ccc(N2CCOCC2)c(NC(=O)[C@H]2C[C@@H]2[N+](=O)[O-])c1. The minimum absolute atomic E-state index is 0.0788. The van der Waals surface area contributed by atoms with Crippen molar-refractivity contribution in [2.24, 2.45) is 5.92 Å². The van der Waals surface area contributed by atoms with Gasteiger partial charge in [0.25, 0.3) is 0 Å². The molecule has 10 nitrogen and oxygen atoms in total. The number of hydrogen-bond donors (Lipinski definition) is 1. The zero-order valence-corrected chi connectivity index (χ0v) is 17.4. The lowest BCUT2D eigenvalue weighted by Crippen LogP contribution is -2.37. The number of nitro groups is 1. The smallest absolute Gasteiger partial charge is 0.243 e. The van der Waals surface area contributed by atoms with Crippen molar-refractivity contribution >= 4 is 27.3 Å². The molecule has 0 spiro atoms. The van der Waals surface area contributed by atoms with Crippen LogP contribution in [0.1, 0.15) is 20.3 Å². The molecule has 1 saturated carbocycles. The minimum Gasteiger partial charge on any atom is -0.378 e. The summed E-state index contributed by atoms with van der Waals surface area (Å²) in [6.45, 7) is 6.44. The molecule has 1 aliphatic carbocycles. The summed E-state index contributed by atoms with van der Waals surface area (Å²) in [6, 6.07) is 3.78. The first-order valence-corrected chi connectivity index (χ1v) is 11.1. The molecule has 0 unspecified atom stereocenters. The molecule has 1 N–H and O–H groups in total. The van der Waals surface area contributed by atoms with Crippen LogP contribution in [0.15, 0.2) is 23.1 Å². The van der Waals surface area contributed by atoms with Crippen molar-refractivity contribution in [2.45, 2.75) is 31.2 Å². The molecule has 3 rings (SSSR count). The molecule has 1 aliphatic heterocycles. The number of benzene rings is 1. The molecule has 160 valence electrons. The van der Waals surface area contributed by atoms with Gasteiger partial charge in [-0.3, -0.25) is 14.9 Å². The molecule has 2 fully saturated rings. The van der Waals surface area contributed by atoms with Gasteiger partial charge in [-0.15, -0.1) is 0 Å². The van der Waals surface area contributed by atoms with E-state index in [0.717, 1.165) is 0 Å². The van der Waals surface area contributed by atoms with Crippen molar-refractivity contribution in [1.82, 2.24) is 4.31 Å². The average Bonchev–Trinajstić information content (AvgIpc) is 3.51. The number of nitrogens with one attached hydrogen (secondary N) is 1. The summed E-state index contributed by atoms with van der Waals surface area (Å²) < 4.78 is 32.5. The number of carbonyl (C=O) groups is 1. The Morgan fingerprint density at radius 3 is 2.52 bits per heavy atom. The van der Waals surface area contributed by atoms with Crippen LogP contribution in [0.5, 0.6) is 0 Å². The number of sulfonamides is 1. The summed E-state index contributed by atoms with van der Waals surface area (Å²) in [5, 5.41) is 13.6. The molecule has 2 atom stereocenters. The maximum absolute atomic E-state index is 12.9. The lowest BCUT2D eigenvalue weighted by atomic mass is 10.2. The van der Waals surface area contributed by atoms with Gasteiger partial charge in [-0.05, 0) is 18.2 Å². The van der Waals surface area contributed by atoms with Gasteiger partial charge in [0.1, 0.15) is 5.92 Å². The summed E-state index contributed by atoms with van der Waals surface area (Å²) in [4.78, 5) is 25.0. The van der Waals surface area contributed by atoms with Crippen molar-refractivity contribution in [3.63, 3.8) is 0 Å². The molecule has 1 aromatic rings. The topological polar surface area (TPSA) is 122 Å². The van der Waals surface area contributed by atoms with E-state index >= 15 is 0 Å². The maximum Gasteiger partial charge on any atom is 0.243 e. The standard InChI is InChI=1S/C18H26N4O6S/c1-3-21(4-2)29(26,27)13-5-6-16(20-7-9-28-10-8-20)15(11-13)19-18(23)14-12-17(14)22(24)25/h5-6,11,14,17H,3-4,7-10,12H2,1-2H3,(H,19,23)/t14-,17-/m0/s1. The Morgan fingerprint density at radius 2 is 1.97 bits per heavy atom. The van der Waals surface area contributed by atoms with Gasteiger partial charge in [-0.25, -0.2) is 8.42 Å². The number of amides is 1. The molecule has 0 radical (unpaired) electrons. The summed E-state index contributed by atoms with van der Waals surface area (Å²) >= 11 is 0. The van der Waals surface area contributed by atoms with Crippen molar-refractivity contribution in [3.8, 4) is 0 Å². The molecular weight excluding hydrogens is 400 g/mol. The number of nitrogens with zero attached hydrogens (tertiary/aromatic N) is 3. The van der Waals surface area contributed by atoms with E-state index < -0.39 is 32.8 Å². The molecular formula is C18H26N4O6S. The fourth-order valence-corrected chi connectivity index (χ4v) is 4.97. The number of carbonyl (C=O) groups excluding carboxylic acids is 1. The fourth-order valence-electron chi connectivity index (χ4n) is 3.49. The molecule has 1 heterocycles. The van der Waals surface area contributed by atoms with Crippen LogP contribution in [0.2, 0.25) is 0 Å². The lowest BCUT2D eigenvalue weighted by Gasteiger charge is -2.31. The van der Waals surface area contributed by atoms with E-state index in [9.17, 15) is 23.3 Å². The normalized spacial score (nSPS) is 21.8. The van der Waals surface area contributed by atoms with Crippen molar-refractivity contribution in [3.05, 3.63) is 28.3 Å². The van der Waals surface area contributed by atoms with Crippen molar-refractivity contribution in [2.75, 3.05) is 49.6 Å². The third-order valence-corrected chi connectivity index (χ3v) is 7.33. The number of anilines is 2. The Balaban J connectivity index is 1.93.